The Morgan fingerprint density at radius 2 is 1.65 bits per heavy atom. The Bertz CT molecular complexity index is 342. The molecule has 4 heteroatoms. The second kappa shape index (κ2) is 3.69. The van der Waals surface area contributed by atoms with Crippen LogP contribution in [-0.2, 0) is 19.0 Å². The number of hydrogen-bond donors (Lipinski definition) is 0. The third kappa shape index (κ3) is 1.78. The van der Waals surface area contributed by atoms with E-state index in [1.165, 1.54) is 0 Å². The van der Waals surface area contributed by atoms with Crippen molar-refractivity contribution in [2.24, 2.45) is 5.92 Å². The van der Waals surface area contributed by atoms with Gasteiger partial charge in [-0.15, -0.1) is 0 Å². The highest BCUT2D eigenvalue weighted by Crippen LogP contribution is 2.43. The highest BCUT2D eigenvalue weighted by atomic mass is 16.6. The van der Waals surface area contributed by atoms with Gasteiger partial charge in [-0.2, -0.15) is 0 Å². The van der Waals surface area contributed by atoms with Crippen molar-refractivity contribution in [3.8, 4) is 0 Å². The molecular weight excluding hydrogens is 220 g/mol. The van der Waals surface area contributed by atoms with Crippen LogP contribution in [0.15, 0.2) is 0 Å². The second-order valence-corrected chi connectivity index (χ2v) is 5.72. The summed E-state index contributed by atoms with van der Waals surface area (Å²) in [6, 6.07) is 0. The Balaban J connectivity index is 1.37. The van der Waals surface area contributed by atoms with Crippen LogP contribution in [0, 0.1) is 5.92 Å². The molecule has 4 fully saturated rings. The third-order valence-corrected chi connectivity index (χ3v) is 4.56. The molecule has 2 heterocycles. The summed E-state index contributed by atoms with van der Waals surface area (Å²) in [4.78, 5) is 12.1. The highest BCUT2D eigenvalue weighted by Gasteiger charge is 2.53. The van der Waals surface area contributed by atoms with E-state index in [2.05, 4.69) is 0 Å². The molecule has 0 radical (unpaired) electrons. The summed E-state index contributed by atoms with van der Waals surface area (Å²) in [5.41, 5.74) is 0. The van der Waals surface area contributed by atoms with Crippen molar-refractivity contribution in [3.05, 3.63) is 0 Å². The molecule has 94 valence electrons. The maximum atomic E-state index is 12.1. The van der Waals surface area contributed by atoms with Crippen LogP contribution in [-0.4, -0.2) is 36.5 Å². The standard InChI is InChI=1S/C13H18O4/c14-13(7-3-1-4-8-11(7)15-8)17-10-6-2-5-9-12(10)16-9/h7-12H,1-6H2. The van der Waals surface area contributed by atoms with E-state index in [1.807, 2.05) is 0 Å². The number of carbonyl (C=O) groups is 1. The van der Waals surface area contributed by atoms with Crippen LogP contribution >= 0.6 is 0 Å². The molecule has 0 aromatic carbocycles. The van der Waals surface area contributed by atoms with Crippen molar-refractivity contribution in [1.82, 2.24) is 0 Å². The number of hydrogen-bond acceptors (Lipinski definition) is 4. The van der Waals surface area contributed by atoms with Gasteiger partial charge in [0.2, 0.25) is 0 Å². The van der Waals surface area contributed by atoms with Gasteiger partial charge in [-0.05, 0) is 38.5 Å². The maximum Gasteiger partial charge on any atom is 0.312 e. The molecule has 2 saturated heterocycles. The van der Waals surface area contributed by atoms with Crippen LogP contribution in [0.1, 0.15) is 38.5 Å². The van der Waals surface area contributed by atoms with Gasteiger partial charge in [-0.1, -0.05) is 0 Å². The SMILES string of the molecule is O=C(OC1CCCC2OC12)C1CCCC2OC21. The lowest BCUT2D eigenvalue weighted by Gasteiger charge is -2.23. The largest absolute Gasteiger partial charge is 0.459 e. The molecule has 0 N–H and O–H groups in total. The summed E-state index contributed by atoms with van der Waals surface area (Å²) in [6.07, 6.45) is 7.46. The summed E-state index contributed by atoms with van der Waals surface area (Å²) >= 11 is 0. The van der Waals surface area contributed by atoms with Gasteiger partial charge in [-0.25, -0.2) is 0 Å². The number of rotatable bonds is 2. The fourth-order valence-electron chi connectivity index (χ4n) is 3.46. The molecule has 0 aromatic heterocycles. The van der Waals surface area contributed by atoms with E-state index in [1.54, 1.807) is 0 Å². The van der Waals surface area contributed by atoms with E-state index < -0.39 is 0 Å². The van der Waals surface area contributed by atoms with Gasteiger partial charge in [0.25, 0.3) is 0 Å². The molecule has 2 saturated carbocycles. The summed E-state index contributed by atoms with van der Waals surface area (Å²) < 4.78 is 16.7. The van der Waals surface area contributed by atoms with Gasteiger partial charge in [0.05, 0.1) is 24.2 Å². The Kier molecular flexibility index (Phi) is 2.24. The highest BCUT2D eigenvalue weighted by molar-refractivity contribution is 5.74. The minimum Gasteiger partial charge on any atom is -0.459 e. The Morgan fingerprint density at radius 1 is 0.941 bits per heavy atom. The van der Waals surface area contributed by atoms with Crippen molar-refractivity contribution >= 4 is 5.97 Å². The topological polar surface area (TPSA) is 51.4 Å². The van der Waals surface area contributed by atoms with Gasteiger partial charge in [0.15, 0.2) is 0 Å². The van der Waals surface area contributed by atoms with E-state index in [4.69, 9.17) is 14.2 Å². The minimum atomic E-state index is -0.0432. The molecule has 2 aliphatic carbocycles. The zero-order valence-electron chi connectivity index (χ0n) is 9.84. The normalized spacial score (nSPS) is 51.1. The van der Waals surface area contributed by atoms with Gasteiger partial charge in [0, 0.05) is 0 Å². The van der Waals surface area contributed by atoms with Gasteiger partial charge < -0.3 is 14.2 Å². The van der Waals surface area contributed by atoms with E-state index in [0.717, 1.165) is 38.5 Å². The quantitative estimate of drug-likeness (QED) is 0.539. The summed E-state index contributed by atoms with van der Waals surface area (Å²) in [6.45, 7) is 0. The fourth-order valence-corrected chi connectivity index (χ4v) is 3.46. The van der Waals surface area contributed by atoms with Crippen LogP contribution in [0.25, 0.3) is 0 Å². The van der Waals surface area contributed by atoms with Crippen LogP contribution in [0.2, 0.25) is 0 Å². The smallest absolute Gasteiger partial charge is 0.312 e. The molecule has 4 nitrogen and oxygen atoms in total. The first-order valence-corrected chi connectivity index (χ1v) is 6.84. The first kappa shape index (κ1) is 10.3. The van der Waals surface area contributed by atoms with Crippen LogP contribution < -0.4 is 0 Å². The van der Waals surface area contributed by atoms with Crippen LogP contribution in [0.4, 0.5) is 0 Å². The number of ether oxygens (including phenoxy) is 3. The summed E-state index contributed by atoms with van der Waals surface area (Å²) in [5, 5.41) is 0. The Labute approximate surface area is 101 Å². The van der Waals surface area contributed by atoms with Crippen molar-refractivity contribution in [1.29, 1.82) is 0 Å². The second-order valence-electron chi connectivity index (χ2n) is 5.72. The number of epoxide rings is 2. The Morgan fingerprint density at radius 3 is 2.53 bits per heavy atom. The van der Waals surface area contributed by atoms with E-state index >= 15 is 0 Å². The predicted octanol–water partition coefficient (Wildman–Crippen LogP) is 1.42. The molecule has 17 heavy (non-hydrogen) atoms. The van der Waals surface area contributed by atoms with Gasteiger partial charge >= 0.3 is 5.97 Å². The molecule has 0 spiro atoms. The average Bonchev–Trinajstić information content (AvgIpc) is 3.21. The first-order valence-electron chi connectivity index (χ1n) is 6.84. The zero-order valence-corrected chi connectivity index (χ0v) is 9.84. The minimum absolute atomic E-state index is 0.00660. The Hall–Kier alpha value is -0.610. The van der Waals surface area contributed by atoms with E-state index in [9.17, 15) is 4.79 Å². The summed E-state index contributed by atoms with van der Waals surface area (Å²) in [7, 11) is 0. The zero-order chi connectivity index (χ0) is 11.4. The average molecular weight is 238 g/mol. The molecular formula is C13H18O4. The van der Waals surface area contributed by atoms with E-state index in [-0.39, 0.29) is 30.2 Å². The van der Waals surface area contributed by atoms with E-state index in [0.29, 0.717) is 12.2 Å². The fraction of sp³-hybridized carbons (Fsp3) is 0.923. The predicted molar refractivity (Wildman–Crippen MR) is 58.4 cm³/mol. The first-order chi connectivity index (χ1) is 8.33. The van der Waals surface area contributed by atoms with Crippen molar-refractivity contribution < 1.29 is 19.0 Å². The third-order valence-electron chi connectivity index (χ3n) is 4.56. The van der Waals surface area contributed by atoms with Crippen molar-refractivity contribution in [2.75, 3.05) is 0 Å². The monoisotopic (exact) mass is 238 g/mol. The van der Waals surface area contributed by atoms with Crippen LogP contribution in [0.5, 0.6) is 0 Å². The lowest BCUT2D eigenvalue weighted by Crippen LogP contribution is -2.34. The number of carbonyl (C=O) groups excluding carboxylic acids is 1. The van der Waals surface area contributed by atoms with Gasteiger partial charge in [0.1, 0.15) is 12.2 Å². The van der Waals surface area contributed by atoms with Crippen molar-refractivity contribution in [3.63, 3.8) is 0 Å². The number of esters is 1. The van der Waals surface area contributed by atoms with Gasteiger partial charge in [-0.3, -0.25) is 4.79 Å². The number of fused-ring (bicyclic) bond motifs is 2. The summed E-state index contributed by atoms with van der Waals surface area (Å²) in [5.74, 6) is -0.0498. The molecule has 2 aliphatic heterocycles. The lowest BCUT2D eigenvalue weighted by molar-refractivity contribution is -0.157. The molecule has 4 aliphatic rings. The lowest BCUT2D eigenvalue weighted by atomic mass is 9.89. The van der Waals surface area contributed by atoms with Crippen molar-refractivity contribution in [2.45, 2.75) is 69.0 Å². The molecule has 6 atom stereocenters. The molecule has 4 rings (SSSR count). The molecule has 0 bridgehead atoms. The molecule has 0 amide bonds. The molecule has 0 aromatic rings. The maximum absolute atomic E-state index is 12.1. The molecule has 6 unspecified atom stereocenters. The van der Waals surface area contributed by atoms with Crippen LogP contribution in [0.3, 0.4) is 0 Å².